The molecule has 2 rings (SSSR count). The van der Waals surface area contributed by atoms with Gasteiger partial charge in [-0.05, 0) is 69.2 Å². The summed E-state index contributed by atoms with van der Waals surface area (Å²) in [6.45, 7) is 7.43. The highest BCUT2D eigenvalue weighted by atomic mass is 35.5. The zero-order valence-corrected chi connectivity index (χ0v) is 18.0. The number of aliphatic hydroxyl groups excluding tert-OH is 1. The highest BCUT2D eigenvalue weighted by molar-refractivity contribution is 7.91. The zero-order chi connectivity index (χ0) is 19.6. The number of aryl methyl sites for hydroxylation is 1. The van der Waals surface area contributed by atoms with Crippen LogP contribution in [0.3, 0.4) is 0 Å². The third-order valence-corrected chi connectivity index (χ3v) is 5.73. The van der Waals surface area contributed by atoms with Crippen molar-refractivity contribution >= 4 is 58.0 Å². The van der Waals surface area contributed by atoms with E-state index in [1.807, 2.05) is 39.8 Å². The van der Waals surface area contributed by atoms with Gasteiger partial charge in [0.05, 0.1) is 11.2 Å². The number of thiocarbonyl (C=S) groups is 1. The van der Waals surface area contributed by atoms with Gasteiger partial charge in [-0.2, -0.15) is 0 Å². The van der Waals surface area contributed by atoms with E-state index < -0.39 is 16.1 Å². The van der Waals surface area contributed by atoms with Crippen LogP contribution < -0.4 is 0 Å². The van der Waals surface area contributed by atoms with E-state index in [1.54, 1.807) is 18.2 Å². The summed E-state index contributed by atoms with van der Waals surface area (Å²) in [5, 5.41) is 10.5. The molecule has 1 unspecified atom stereocenters. The Morgan fingerprint density at radius 2 is 1.88 bits per heavy atom. The lowest BCUT2D eigenvalue weighted by Gasteiger charge is -2.19. The minimum Gasteiger partial charge on any atom is -0.591 e. The second kappa shape index (κ2) is 8.28. The molecule has 0 aliphatic heterocycles. The molecule has 1 N–H and O–H groups in total. The molecule has 0 heterocycles. The van der Waals surface area contributed by atoms with E-state index in [0.29, 0.717) is 32.3 Å². The van der Waals surface area contributed by atoms with Gasteiger partial charge in [-0.25, -0.2) is 0 Å². The Kier molecular flexibility index (Phi) is 6.75. The largest absolute Gasteiger partial charge is 0.591 e. The number of hydrogen-bond acceptors (Lipinski definition) is 3. The molecule has 1 atom stereocenters. The standard InChI is InChI=1S/C19H19Cl2NO2S2/c1-11-6-5-7-14(18(23)25)16(11)17-12(8-13(20)9-15(17)21)10-22-26(24)19(2,3)4/h5-10H,1-4H3,(H,23,25)/b22-10+. The van der Waals surface area contributed by atoms with Crippen molar-refractivity contribution in [3.63, 3.8) is 0 Å². The Bertz CT molecular complexity index is 877. The second-order valence-corrected chi connectivity index (χ2v) is 9.91. The van der Waals surface area contributed by atoms with Crippen LogP contribution in [0.4, 0.5) is 0 Å². The van der Waals surface area contributed by atoms with E-state index in [0.717, 1.165) is 5.56 Å². The number of hydrogen-bond donors (Lipinski definition) is 1. The Morgan fingerprint density at radius 1 is 1.23 bits per heavy atom. The fourth-order valence-electron chi connectivity index (χ4n) is 2.40. The highest BCUT2D eigenvalue weighted by Gasteiger charge is 2.26. The zero-order valence-electron chi connectivity index (χ0n) is 14.8. The molecule has 7 heteroatoms. The molecular formula is C19H19Cl2NO2S2. The van der Waals surface area contributed by atoms with Crippen molar-refractivity contribution in [3.05, 3.63) is 57.1 Å². The molecule has 0 saturated heterocycles. The summed E-state index contributed by atoms with van der Waals surface area (Å²) in [6, 6.07) is 8.75. The Hall–Kier alpha value is -1.11. The first kappa shape index (κ1) is 21.2. The van der Waals surface area contributed by atoms with Gasteiger partial charge in [0.1, 0.15) is 16.1 Å². The first-order valence-electron chi connectivity index (χ1n) is 7.80. The normalized spacial score (nSPS) is 13.2. The van der Waals surface area contributed by atoms with Gasteiger partial charge in [-0.3, -0.25) is 0 Å². The Morgan fingerprint density at radius 3 is 2.46 bits per heavy atom. The van der Waals surface area contributed by atoms with Gasteiger partial charge in [0.25, 0.3) is 0 Å². The molecule has 138 valence electrons. The van der Waals surface area contributed by atoms with Crippen LogP contribution in [-0.2, 0) is 11.4 Å². The molecule has 0 aromatic heterocycles. The molecule has 0 amide bonds. The van der Waals surface area contributed by atoms with Crippen molar-refractivity contribution in [1.82, 2.24) is 0 Å². The van der Waals surface area contributed by atoms with Gasteiger partial charge >= 0.3 is 0 Å². The van der Waals surface area contributed by atoms with E-state index in [1.165, 1.54) is 6.21 Å². The fraction of sp³-hybridized carbons (Fsp3) is 0.263. The van der Waals surface area contributed by atoms with Crippen molar-refractivity contribution in [2.45, 2.75) is 32.4 Å². The lowest BCUT2D eigenvalue weighted by atomic mass is 9.92. The number of halogens is 2. The summed E-state index contributed by atoms with van der Waals surface area (Å²) in [7, 11) is 0. The SMILES string of the molecule is Cc1cccc(C(O)=S)c1-c1c(Cl)cc(Cl)cc1/C=N/[S+]([O-])C(C)(C)C. The van der Waals surface area contributed by atoms with Crippen LogP contribution in [0.1, 0.15) is 37.5 Å². The predicted octanol–water partition coefficient (Wildman–Crippen LogP) is 6.08. The van der Waals surface area contributed by atoms with E-state index in [4.69, 9.17) is 35.4 Å². The van der Waals surface area contributed by atoms with Crippen molar-refractivity contribution in [2.75, 3.05) is 0 Å². The molecule has 0 aliphatic rings. The molecule has 26 heavy (non-hydrogen) atoms. The van der Waals surface area contributed by atoms with Crippen LogP contribution in [0, 0.1) is 6.92 Å². The van der Waals surface area contributed by atoms with E-state index in [-0.39, 0.29) is 5.05 Å². The van der Waals surface area contributed by atoms with Gasteiger partial charge in [-0.1, -0.05) is 39.7 Å². The van der Waals surface area contributed by atoms with Crippen molar-refractivity contribution in [2.24, 2.45) is 4.40 Å². The minimum absolute atomic E-state index is 0.226. The average Bonchev–Trinajstić information content (AvgIpc) is 2.51. The minimum atomic E-state index is -1.43. The molecule has 0 bridgehead atoms. The quantitative estimate of drug-likeness (QED) is 0.365. The average molecular weight is 428 g/mol. The summed E-state index contributed by atoms with van der Waals surface area (Å²) < 4.78 is 16.0. The second-order valence-electron chi connectivity index (χ2n) is 6.75. The maximum Gasteiger partial charge on any atom is 0.189 e. The smallest absolute Gasteiger partial charge is 0.189 e. The van der Waals surface area contributed by atoms with Crippen LogP contribution in [0.5, 0.6) is 0 Å². The highest BCUT2D eigenvalue weighted by Crippen LogP contribution is 2.38. The lowest BCUT2D eigenvalue weighted by Crippen LogP contribution is -2.25. The summed E-state index contributed by atoms with van der Waals surface area (Å²) in [5.74, 6) is 0. The third kappa shape index (κ3) is 4.78. The molecule has 2 aromatic carbocycles. The van der Waals surface area contributed by atoms with Gasteiger partial charge in [0, 0.05) is 21.7 Å². The van der Waals surface area contributed by atoms with Crippen molar-refractivity contribution < 1.29 is 9.66 Å². The van der Waals surface area contributed by atoms with Gasteiger partial charge < -0.3 is 9.66 Å². The lowest BCUT2D eigenvalue weighted by molar-refractivity contribution is 0.561. The molecular weight excluding hydrogens is 409 g/mol. The van der Waals surface area contributed by atoms with E-state index in [9.17, 15) is 9.66 Å². The van der Waals surface area contributed by atoms with Gasteiger partial charge in [0.2, 0.25) is 0 Å². The maximum atomic E-state index is 12.3. The van der Waals surface area contributed by atoms with Gasteiger partial charge in [-0.15, -0.1) is 0 Å². The van der Waals surface area contributed by atoms with Crippen molar-refractivity contribution in [1.29, 1.82) is 0 Å². The summed E-state index contributed by atoms with van der Waals surface area (Å²) in [5.41, 5.74) is 3.32. The number of aliphatic hydroxyl groups is 1. The monoisotopic (exact) mass is 427 g/mol. The first-order valence-corrected chi connectivity index (χ1v) is 10.1. The molecule has 2 aromatic rings. The Labute approximate surface area is 172 Å². The maximum absolute atomic E-state index is 12.3. The van der Waals surface area contributed by atoms with Crippen LogP contribution in [0.2, 0.25) is 10.0 Å². The van der Waals surface area contributed by atoms with E-state index >= 15 is 0 Å². The van der Waals surface area contributed by atoms with E-state index in [2.05, 4.69) is 4.40 Å². The predicted molar refractivity (Wildman–Crippen MR) is 116 cm³/mol. The van der Waals surface area contributed by atoms with Crippen molar-refractivity contribution in [3.8, 4) is 11.1 Å². The molecule has 0 spiro atoms. The first-order chi connectivity index (χ1) is 12.0. The van der Waals surface area contributed by atoms with Gasteiger partial charge in [0.15, 0.2) is 5.05 Å². The topological polar surface area (TPSA) is 55.7 Å². The Balaban J connectivity index is 2.72. The molecule has 0 aliphatic carbocycles. The number of rotatable bonds is 4. The summed E-state index contributed by atoms with van der Waals surface area (Å²) in [6.07, 6.45) is 1.51. The third-order valence-electron chi connectivity index (χ3n) is 3.65. The van der Waals surface area contributed by atoms with Crippen LogP contribution in [0.15, 0.2) is 34.7 Å². The molecule has 0 fully saturated rings. The molecule has 0 saturated carbocycles. The summed E-state index contributed by atoms with van der Waals surface area (Å²) in [4.78, 5) is 0. The van der Waals surface area contributed by atoms with Crippen LogP contribution in [0.25, 0.3) is 11.1 Å². The summed E-state index contributed by atoms with van der Waals surface area (Å²) >= 11 is 16.2. The van der Waals surface area contributed by atoms with Crippen LogP contribution in [-0.4, -0.2) is 25.7 Å². The molecule has 3 nitrogen and oxygen atoms in total. The molecule has 0 radical (unpaired) electrons. The van der Waals surface area contributed by atoms with Crippen LogP contribution >= 0.6 is 35.4 Å². The fourth-order valence-corrected chi connectivity index (χ4v) is 3.70. The number of benzene rings is 2. The number of nitrogens with zero attached hydrogens (tertiary/aromatic N) is 1.